The fourth-order valence-corrected chi connectivity index (χ4v) is 2.26. The molecule has 0 unspecified atom stereocenters. The summed E-state index contributed by atoms with van der Waals surface area (Å²) >= 11 is 0. The number of rotatable bonds is 2. The zero-order valence-corrected chi connectivity index (χ0v) is 11.1. The molecule has 3 aromatic carbocycles. The van der Waals surface area contributed by atoms with Gasteiger partial charge in [-0.15, -0.1) is 0 Å². The first-order chi connectivity index (χ1) is 9.78. The number of fused-ring (bicyclic) bond motifs is 2. The van der Waals surface area contributed by atoms with Gasteiger partial charge in [0, 0.05) is 5.39 Å². The van der Waals surface area contributed by atoms with E-state index in [9.17, 15) is 4.79 Å². The summed E-state index contributed by atoms with van der Waals surface area (Å²) in [6, 6.07) is 17.8. The Morgan fingerprint density at radius 2 is 1.65 bits per heavy atom. The molecule has 0 amide bonds. The molecule has 0 bridgehead atoms. The van der Waals surface area contributed by atoms with Crippen molar-refractivity contribution in [2.75, 3.05) is 6.61 Å². The number of hydrogen-bond acceptors (Lipinski definition) is 3. The molecule has 0 aromatic heterocycles. The fraction of sp³-hybridized carbons (Fsp3) is 0.118. The molecule has 0 saturated carbocycles. The molecule has 100 valence electrons. The standard InChI is InChI=1S/C17H14O3/c1-2-19-17(18)20-16-9-5-8-14-10-12-6-3-4-7-13(12)11-15(14)16/h3-11H,2H2,1H3. The molecule has 0 saturated heterocycles. The predicted molar refractivity (Wildman–Crippen MR) is 79.1 cm³/mol. The molecule has 0 fully saturated rings. The highest BCUT2D eigenvalue weighted by molar-refractivity contribution is 6.01. The van der Waals surface area contributed by atoms with Gasteiger partial charge in [0.15, 0.2) is 0 Å². The van der Waals surface area contributed by atoms with Gasteiger partial charge in [-0.25, -0.2) is 4.79 Å². The summed E-state index contributed by atoms with van der Waals surface area (Å²) in [6.07, 6.45) is -0.673. The Labute approximate surface area is 116 Å². The van der Waals surface area contributed by atoms with Crippen molar-refractivity contribution in [3.63, 3.8) is 0 Å². The lowest BCUT2D eigenvalue weighted by atomic mass is 10.0. The van der Waals surface area contributed by atoms with Gasteiger partial charge in [0.05, 0.1) is 6.61 Å². The highest BCUT2D eigenvalue weighted by atomic mass is 16.7. The summed E-state index contributed by atoms with van der Waals surface area (Å²) in [6.45, 7) is 2.05. The summed E-state index contributed by atoms with van der Waals surface area (Å²) in [5.74, 6) is 0.520. The van der Waals surface area contributed by atoms with Crippen LogP contribution in [0.15, 0.2) is 54.6 Å². The van der Waals surface area contributed by atoms with Crippen molar-refractivity contribution in [3.8, 4) is 5.75 Å². The quantitative estimate of drug-likeness (QED) is 0.388. The lowest BCUT2D eigenvalue weighted by Gasteiger charge is -2.08. The van der Waals surface area contributed by atoms with Crippen molar-refractivity contribution in [3.05, 3.63) is 54.6 Å². The van der Waals surface area contributed by atoms with E-state index >= 15 is 0 Å². The lowest BCUT2D eigenvalue weighted by molar-refractivity contribution is 0.105. The monoisotopic (exact) mass is 266 g/mol. The average molecular weight is 266 g/mol. The van der Waals surface area contributed by atoms with Crippen molar-refractivity contribution in [1.82, 2.24) is 0 Å². The molecule has 0 heterocycles. The minimum Gasteiger partial charge on any atom is -0.434 e. The summed E-state index contributed by atoms with van der Waals surface area (Å²) in [4.78, 5) is 11.5. The molecule has 0 N–H and O–H groups in total. The van der Waals surface area contributed by atoms with E-state index < -0.39 is 6.16 Å². The van der Waals surface area contributed by atoms with E-state index in [-0.39, 0.29) is 0 Å². The van der Waals surface area contributed by atoms with Crippen LogP contribution in [0, 0.1) is 0 Å². The van der Waals surface area contributed by atoms with Crippen LogP contribution in [0.4, 0.5) is 4.79 Å². The number of carbonyl (C=O) groups excluding carboxylic acids is 1. The Kier molecular flexibility index (Phi) is 3.25. The zero-order chi connectivity index (χ0) is 13.9. The third-order valence-electron chi connectivity index (χ3n) is 3.16. The van der Waals surface area contributed by atoms with E-state index in [4.69, 9.17) is 9.47 Å². The summed E-state index contributed by atoms with van der Waals surface area (Å²) < 4.78 is 10.1. The summed E-state index contributed by atoms with van der Waals surface area (Å²) in [5, 5.41) is 4.21. The van der Waals surface area contributed by atoms with Crippen molar-refractivity contribution < 1.29 is 14.3 Å². The van der Waals surface area contributed by atoms with E-state index in [1.807, 2.05) is 36.4 Å². The molecule has 20 heavy (non-hydrogen) atoms. The van der Waals surface area contributed by atoms with Gasteiger partial charge in [0.2, 0.25) is 0 Å². The Morgan fingerprint density at radius 1 is 0.950 bits per heavy atom. The maximum Gasteiger partial charge on any atom is 0.513 e. The zero-order valence-electron chi connectivity index (χ0n) is 11.1. The Bertz CT molecular complexity index is 777. The van der Waals surface area contributed by atoms with Crippen LogP contribution < -0.4 is 4.74 Å². The van der Waals surface area contributed by atoms with Crippen LogP contribution in [0.25, 0.3) is 21.5 Å². The first-order valence-corrected chi connectivity index (χ1v) is 6.54. The Morgan fingerprint density at radius 3 is 2.40 bits per heavy atom. The molecule has 3 nitrogen and oxygen atoms in total. The molecule has 3 heteroatoms. The molecule has 0 aliphatic heterocycles. The summed E-state index contributed by atoms with van der Waals surface area (Å²) in [5.41, 5.74) is 0. The van der Waals surface area contributed by atoms with Gasteiger partial charge in [-0.3, -0.25) is 0 Å². The molecule has 0 aliphatic carbocycles. The SMILES string of the molecule is CCOC(=O)Oc1cccc2cc3ccccc3cc12. The second-order valence-electron chi connectivity index (χ2n) is 4.46. The minimum atomic E-state index is -0.673. The van der Waals surface area contributed by atoms with Crippen molar-refractivity contribution in [2.45, 2.75) is 6.92 Å². The second-order valence-corrected chi connectivity index (χ2v) is 4.46. The highest BCUT2D eigenvalue weighted by Gasteiger charge is 2.09. The molecule has 0 atom stereocenters. The van der Waals surface area contributed by atoms with Gasteiger partial charge in [-0.05, 0) is 41.3 Å². The van der Waals surface area contributed by atoms with Crippen LogP contribution in [0.5, 0.6) is 5.75 Å². The van der Waals surface area contributed by atoms with Crippen molar-refractivity contribution >= 4 is 27.7 Å². The summed E-state index contributed by atoms with van der Waals surface area (Å²) in [7, 11) is 0. The van der Waals surface area contributed by atoms with Crippen LogP contribution in [-0.2, 0) is 4.74 Å². The smallest absolute Gasteiger partial charge is 0.434 e. The van der Waals surface area contributed by atoms with Gasteiger partial charge >= 0.3 is 6.16 Å². The van der Waals surface area contributed by atoms with E-state index in [2.05, 4.69) is 12.1 Å². The fourth-order valence-electron chi connectivity index (χ4n) is 2.26. The van der Waals surface area contributed by atoms with Gasteiger partial charge in [0.25, 0.3) is 0 Å². The molecule has 0 aliphatic rings. The lowest BCUT2D eigenvalue weighted by Crippen LogP contribution is -2.10. The molecule has 0 radical (unpaired) electrons. The molecular weight excluding hydrogens is 252 g/mol. The van der Waals surface area contributed by atoms with E-state index in [0.717, 1.165) is 21.5 Å². The molecule has 3 aromatic rings. The van der Waals surface area contributed by atoms with Crippen LogP contribution in [-0.4, -0.2) is 12.8 Å². The number of hydrogen-bond donors (Lipinski definition) is 0. The van der Waals surface area contributed by atoms with Crippen molar-refractivity contribution in [2.24, 2.45) is 0 Å². The van der Waals surface area contributed by atoms with Gasteiger partial charge in [-0.1, -0.05) is 36.4 Å². The maximum atomic E-state index is 11.5. The van der Waals surface area contributed by atoms with E-state index in [0.29, 0.717) is 12.4 Å². The third-order valence-corrected chi connectivity index (χ3v) is 3.16. The van der Waals surface area contributed by atoms with Gasteiger partial charge in [-0.2, -0.15) is 0 Å². The Hall–Kier alpha value is -2.55. The normalized spacial score (nSPS) is 10.7. The molecule has 0 spiro atoms. The first-order valence-electron chi connectivity index (χ1n) is 6.54. The number of benzene rings is 3. The maximum absolute atomic E-state index is 11.5. The van der Waals surface area contributed by atoms with E-state index in [1.165, 1.54) is 0 Å². The van der Waals surface area contributed by atoms with Crippen LogP contribution >= 0.6 is 0 Å². The average Bonchev–Trinajstić information content (AvgIpc) is 2.46. The number of ether oxygens (including phenoxy) is 2. The highest BCUT2D eigenvalue weighted by Crippen LogP contribution is 2.30. The van der Waals surface area contributed by atoms with Crippen LogP contribution in [0.3, 0.4) is 0 Å². The van der Waals surface area contributed by atoms with Gasteiger partial charge < -0.3 is 9.47 Å². The molecular formula is C17H14O3. The Balaban J connectivity index is 2.12. The van der Waals surface area contributed by atoms with Crippen LogP contribution in [0.1, 0.15) is 6.92 Å². The van der Waals surface area contributed by atoms with Gasteiger partial charge in [0.1, 0.15) is 5.75 Å². The first kappa shape index (κ1) is 12.5. The van der Waals surface area contributed by atoms with E-state index in [1.54, 1.807) is 13.0 Å². The van der Waals surface area contributed by atoms with Crippen molar-refractivity contribution in [1.29, 1.82) is 0 Å². The number of carbonyl (C=O) groups is 1. The topological polar surface area (TPSA) is 35.5 Å². The second kappa shape index (κ2) is 5.21. The minimum absolute atomic E-state index is 0.298. The largest absolute Gasteiger partial charge is 0.513 e. The predicted octanol–water partition coefficient (Wildman–Crippen LogP) is 4.53. The molecule has 3 rings (SSSR count). The van der Waals surface area contributed by atoms with Crippen LogP contribution in [0.2, 0.25) is 0 Å². The third kappa shape index (κ3) is 2.30.